The third-order valence-corrected chi connectivity index (χ3v) is 2.81. The van der Waals surface area contributed by atoms with Crippen molar-refractivity contribution in [3.8, 4) is 5.00 Å². The molecule has 0 aromatic carbocycles. The van der Waals surface area contributed by atoms with Gasteiger partial charge >= 0.3 is 5.97 Å². The number of aromatic carboxylic acids is 1. The van der Waals surface area contributed by atoms with Gasteiger partial charge in [0.1, 0.15) is 11.3 Å². The molecule has 5 nitrogen and oxygen atoms in total. The summed E-state index contributed by atoms with van der Waals surface area (Å²) in [6.45, 7) is 0. The minimum Gasteiger partial charge on any atom is -0.476 e. The molecule has 15 heavy (non-hydrogen) atoms. The van der Waals surface area contributed by atoms with Crippen molar-refractivity contribution in [1.29, 1.82) is 0 Å². The third-order valence-electron chi connectivity index (χ3n) is 1.78. The molecule has 0 bridgehead atoms. The maximum Gasteiger partial charge on any atom is 0.356 e. The van der Waals surface area contributed by atoms with Crippen molar-refractivity contribution in [3.63, 3.8) is 0 Å². The maximum atomic E-state index is 10.6. The van der Waals surface area contributed by atoms with Crippen LogP contribution in [-0.4, -0.2) is 26.9 Å². The van der Waals surface area contributed by atoms with Crippen molar-refractivity contribution >= 4 is 23.6 Å². The quantitative estimate of drug-likeness (QED) is 0.797. The number of carboxylic acid groups (broad SMARTS) is 1. The van der Waals surface area contributed by atoms with E-state index in [0.29, 0.717) is 4.88 Å². The first kappa shape index (κ1) is 9.60. The van der Waals surface area contributed by atoms with Gasteiger partial charge in [-0.15, -0.1) is 11.3 Å². The smallest absolute Gasteiger partial charge is 0.356 e. The average Bonchev–Trinajstić information content (AvgIpc) is 2.86. The second kappa shape index (κ2) is 3.66. The molecule has 2 rings (SSSR count). The number of imidazole rings is 1. The molecule has 1 N–H and O–H groups in total. The van der Waals surface area contributed by atoms with Crippen molar-refractivity contribution < 1.29 is 14.7 Å². The fraction of sp³-hybridized carbons (Fsp3) is 0. The van der Waals surface area contributed by atoms with E-state index < -0.39 is 5.97 Å². The summed E-state index contributed by atoms with van der Waals surface area (Å²) in [7, 11) is 0. The number of hydrogen-bond donors (Lipinski definition) is 1. The van der Waals surface area contributed by atoms with Gasteiger partial charge in [0.15, 0.2) is 12.0 Å². The van der Waals surface area contributed by atoms with Crippen LogP contribution in [0.15, 0.2) is 24.7 Å². The Morgan fingerprint density at radius 3 is 2.87 bits per heavy atom. The van der Waals surface area contributed by atoms with Gasteiger partial charge in [0.05, 0.1) is 4.88 Å². The van der Waals surface area contributed by atoms with E-state index in [-0.39, 0.29) is 5.69 Å². The minimum atomic E-state index is -1.07. The van der Waals surface area contributed by atoms with Crippen LogP contribution in [0.2, 0.25) is 0 Å². The molecule has 2 aromatic heterocycles. The van der Waals surface area contributed by atoms with E-state index in [1.807, 2.05) is 0 Å². The van der Waals surface area contributed by atoms with Crippen LogP contribution in [0.1, 0.15) is 20.2 Å². The number of hydrogen-bond acceptors (Lipinski definition) is 4. The van der Waals surface area contributed by atoms with Gasteiger partial charge in [0, 0.05) is 6.20 Å². The van der Waals surface area contributed by atoms with Gasteiger partial charge in [-0.25, -0.2) is 9.78 Å². The Hall–Kier alpha value is -1.95. The van der Waals surface area contributed by atoms with Crippen LogP contribution in [0, 0.1) is 0 Å². The van der Waals surface area contributed by atoms with Gasteiger partial charge in [-0.2, -0.15) is 0 Å². The van der Waals surface area contributed by atoms with Gasteiger partial charge in [-0.3, -0.25) is 9.36 Å². The highest BCUT2D eigenvalue weighted by molar-refractivity contribution is 7.16. The molecule has 0 saturated carbocycles. The minimum absolute atomic E-state index is 0.0175. The van der Waals surface area contributed by atoms with Crippen LogP contribution in [-0.2, 0) is 0 Å². The summed E-state index contributed by atoms with van der Waals surface area (Å²) in [5.74, 6) is -1.07. The van der Waals surface area contributed by atoms with E-state index in [0.717, 1.165) is 11.3 Å². The van der Waals surface area contributed by atoms with E-state index in [1.165, 1.54) is 23.9 Å². The normalized spacial score (nSPS) is 10.1. The summed E-state index contributed by atoms with van der Waals surface area (Å²) < 4.78 is 1.57. The number of carbonyl (C=O) groups excluding carboxylic acids is 1. The molecule has 0 aliphatic heterocycles. The molecular weight excluding hydrogens is 216 g/mol. The number of thiophene rings is 1. The zero-order valence-corrected chi connectivity index (χ0v) is 8.27. The fourth-order valence-corrected chi connectivity index (χ4v) is 1.87. The lowest BCUT2D eigenvalue weighted by molar-refractivity contribution is 0.0691. The predicted octanol–water partition coefficient (Wildman–Crippen LogP) is 1.44. The Kier molecular flexibility index (Phi) is 2.34. The highest BCUT2D eigenvalue weighted by Gasteiger charge is 2.08. The monoisotopic (exact) mass is 222 g/mol. The highest BCUT2D eigenvalue weighted by atomic mass is 32.1. The molecule has 0 atom stereocenters. The molecule has 0 amide bonds. The lowest BCUT2D eigenvalue weighted by atomic mass is 10.5. The Morgan fingerprint density at radius 2 is 2.33 bits per heavy atom. The number of aldehydes is 1. The summed E-state index contributed by atoms with van der Waals surface area (Å²) in [4.78, 5) is 25.3. The van der Waals surface area contributed by atoms with E-state index in [4.69, 9.17) is 5.11 Å². The summed E-state index contributed by atoms with van der Waals surface area (Å²) in [5.41, 5.74) is -0.0175. The average molecular weight is 222 g/mol. The Balaban J connectivity index is 2.36. The maximum absolute atomic E-state index is 10.6. The molecule has 2 aromatic rings. The van der Waals surface area contributed by atoms with Crippen molar-refractivity contribution in [2.45, 2.75) is 0 Å². The largest absolute Gasteiger partial charge is 0.476 e. The van der Waals surface area contributed by atoms with E-state index in [1.54, 1.807) is 16.7 Å². The molecule has 0 saturated heterocycles. The summed E-state index contributed by atoms with van der Waals surface area (Å²) in [6, 6.07) is 3.41. The van der Waals surface area contributed by atoms with Crippen molar-refractivity contribution in [3.05, 3.63) is 35.2 Å². The second-order valence-electron chi connectivity index (χ2n) is 2.77. The molecule has 0 radical (unpaired) electrons. The first-order valence-electron chi connectivity index (χ1n) is 4.03. The number of carbonyl (C=O) groups is 2. The third kappa shape index (κ3) is 1.79. The number of nitrogens with zero attached hydrogens (tertiary/aromatic N) is 2. The van der Waals surface area contributed by atoms with Crippen LogP contribution >= 0.6 is 11.3 Å². The van der Waals surface area contributed by atoms with Crippen LogP contribution in [0.5, 0.6) is 0 Å². The number of rotatable bonds is 3. The lowest BCUT2D eigenvalue weighted by Gasteiger charge is -1.93. The summed E-state index contributed by atoms with van der Waals surface area (Å²) >= 11 is 1.27. The Bertz CT molecular complexity index is 515. The molecule has 0 unspecified atom stereocenters. The molecule has 0 aliphatic carbocycles. The molecule has 0 aliphatic rings. The van der Waals surface area contributed by atoms with Crippen LogP contribution < -0.4 is 0 Å². The molecule has 6 heteroatoms. The standard InChI is InChI=1S/C9H6N2O3S/c12-4-6-1-2-8(15-6)11-3-7(9(13)14)10-5-11/h1-5H,(H,13,14). The van der Waals surface area contributed by atoms with Crippen LogP contribution in [0.3, 0.4) is 0 Å². The second-order valence-corrected chi connectivity index (χ2v) is 3.86. The summed E-state index contributed by atoms with van der Waals surface area (Å²) in [5, 5.41) is 9.43. The molecular formula is C9H6N2O3S. The lowest BCUT2D eigenvalue weighted by Crippen LogP contribution is -1.95. The Labute approximate surface area is 88.6 Å². The van der Waals surface area contributed by atoms with Crippen molar-refractivity contribution in [2.24, 2.45) is 0 Å². The SMILES string of the molecule is O=Cc1ccc(-n2cnc(C(=O)O)c2)s1. The van der Waals surface area contributed by atoms with E-state index in [2.05, 4.69) is 4.98 Å². The molecule has 2 heterocycles. The van der Waals surface area contributed by atoms with E-state index >= 15 is 0 Å². The molecule has 0 spiro atoms. The predicted molar refractivity (Wildman–Crippen MR) is 53.8 cm³/mol. The molecule has 76 valence electrons. The fourth-order valence-electron chi connectivity index (χ4n) is 1.10. The summed E-state index contributed by atoms with van der Waals surface area (Å²) in [6.07, 6.45) is 3.57. The first-order chi connectivity index (χ1) is 7.20. The Morgan fingerprint density at radius 1 is 1.53 bits per heavy atom. The van der Waals surface area contributed by atoms with Crippen molar-refractivity contribution in [1.82, 2.24) is 9.55 Å². The van der Waals surface area contributed by atoms with Gasteiger partial charge in [-0.1, -0.05) is 0 Å². The number of carboxylic acids is 1. The first-order valence-corrected chi connectivity index (χ1v) is 4.85. The molecule has 0 fully saturated rings. The van der Waals surface area contributed by atoms with Gasteiger partial charge < -0.3 is 5.11 Å². The van der Waals surface area contributed by atoms with Crippen LogP contribution in [0.4, 0.5) is 0 Å². The van der Waals surface area contributed by atoms with Crippen LogP contribution in [0.25, 0.3) is 5.00 Å². The van der Waals surface area contributed by atoms with Gasteiger partial charge in [0.2, 0.25) is 0 Å². The zero-order valence-electron chi connectivity index (χ0n) is 7.45. The highest BCUT2D eigenvalue weighted by Crippen LogP contribution is 2.19. The van der Waals surface area contributed by atoms with Gasteiger partial charge in [-0.05, 0) is 12.1 Å². The number of aromatic nitrogens is 2. The van der Waals surface area contributed by atoms with Gasteiger partial charge in [0.25, 0.3) is 0 Å². The van der Waals surface area contributed by atoms with E-state index in [9.17, 15) is 9.59 Å². The topological polar surface area (TPSA) is 72.2 Å². The zero-order chi connectivity index (χ0) is 10.8. The van der Waals surface area contributed by atoms with Crippen molar-refractivity contribution in [2.75, 3.05) is 0 Å².